The zero-order valence-corrected chi connectivity index (χ0v) is 10.9. The van der Waals surface area contributed by atoms with E-state index in [9.17, 15) is 9.59 Å². The molecule has 1 amide bonds. The predicted octanol–water partition coefficient (Wildman–Crippen LogP) is 1.29. The van der Waals surface area contributed by atoms with Crippen LogP contribution in [-0.4, -0.2) is 33.8 Å². The standard InChI is InChI=1S/C12H16N2O3S/c1-9(15)14-11(12(16)17)4-6-18-8-10-3-2-5-13-7-10/h2-3,5,7,11H,4,6,8H2,1H3,(H,14,15)(H,16,17). The molecule has 1 heterocycles. The normalized spacial score (nSPS) is 11.8. The second kappa shape index (κ2) is 7.71. The molecule has 0 spiro atoms. The van der Waals surface area contributed by atoms with Gasteiger partial charge in [-0.1, -0.05) is 6.07 Å². The minimum atomic E-state index is -0.993. The lowest BCUT2D eigenvalue weighted by Crippen LogP contribution is -2.39. The maximum atomic E-state index is 10.9. The van der Waals surface area contributed by atoms with Gasteiger partial charge >= 0.3 is 5.97 Å². The van der Waals surface area contributed by atoms with Crippen molar-refractivity contribution in [3.05, 3.63) is 30.1 Å². The summed E-state index contributed by atoms with van der Waals surface area (Å²) >= 11 is 1.62. The van der Waals surface area contributed by atoms with Gasteiger partial charge in [-0.25, -0.2) is 4.79 Å². The Kier molecular flexibility index (Phi) is 6.21. The first kappa shape index (κ1) is 14.5. The van der Waals surface area contributed by atoms with E-state index in [1.54, 1.807) is 24.2 Å². The van der Waals surface area contributed by atoms with E-state index in [0.717, 1.165) is 11.3 Å². The molecule has 0 saturated carbocycles. The number of thioether (sulfide) groups is 1. The highest BCUT2D eigenvalue weighted by atomic mass is 32.2. The number of carboxylic acids is 1. The van der Waals surface area contributed by atoms with Gasteiger partial charge in [0.15, 0.2) is 0 Å². The lowest BCUT2D eigenvalue weighted by atomic mass is 10.2. The Morgan fingerprint density at radius 2 is 2.33 bits per heavy atom. The summed E-state index contributed by atoms with van der Waals surface area (Å²) in [7, 11) is 0. The van der Waals surface area contributed by atoms with Crippen molar-refractivity contribution in [2.45, 2.75) is 25.1 Å². The Morgan fingerprint density at radius 3 is 2.89 bits per heavy atom. The molecular formula is C12H16N2O3S. The molecule has 18 heavy (non-hydrogen) atoms. The summed E-state index contributed by atoms with van der Waals surface area (Å²) in [5, 5.41) is 11.3. The van der Waals surface area contributed by atoms with Crippen LogP contribution < -0.4 is 5.32 Å². The molecular weight excluding hydrogens is 252 g/mol. The number of aliphatic carboxylic acids is 1. The van der Waals surface area contributed by atoms with Gasteiger partial charge in [0.1, 0.15) is 6.04 Å². The van der Waals surface area contributed by atoms with Crippen LogP contribution in [0, 0.1) is 0 Å². The molecule has 0 fully saturated rings. The number of carboxylic acid groups (broad SMARTS) is 1. The van der Waals surface area contributed by atoms with Crippen molar-refractivity contribution in [2.24, 2.45) is 0 Å². The minimum Gasteiger partial charge on any atom is -0.480 e. The summed E-state index contributed by atoms with van der Waals surface area (Å²) in [5.74, 6) is 0.152. The van der Waals surface area contributed by atoms with Crippen molar-refractivity contribution in [3.8, 4) is 0 Å². The summed E-state index contributed by atoms with van der Waals surface area (Å²) < 4.78 is 0. The number of rotatable bonds is 7. The first-order valence-corrected chi connectivity index (χ1v) is 6.71. The van der Waals surface area contributed by atoms with E-state index in [2.05, 4.69) is 10.3 Å². The maximum Gasteiger partial charge on any atom is 0.326 e. The maximum absolute atomic E-state index is 10.9. The number of nitrogens with zero attached hydrogens (tertiary/aromatic N) is 1. The van der Waals surface area contributed by atoms with Crippen LogP contribution in [0.15, 0.2) is 24.5 Å². The smallest absolute Gasteiger partial charge is 0.326 e. The average molecular weight is 268 g/mol. The fraction of sp³-hybridized carbons (Fsp3) is 0.417. The summed E-state index contributed by atoms with van der Waals surface area (Å²) in [6, 6.07) is 3.04. The SMILES string of the molecule is CC(=O)NC(CCSCc1cccnc1)C(=O)O. The quantitative estimate of drug-likeness (QED) is 0.729. The fourth-order valence-corrected chi connectivity index (χ4v) is 2.33. The topological polar surface area (TPSA) is 79.3 Å². The van der Waals surface area contributed by atoms with E-state index in [1.807, 2.05) is 12.1 Å². The average Bonchev–Trinajstić information content (AvgIpc) is 2.33. The van der Waals surface area contributed by atoms with E-state index < -0.39 is 12.0 Å². The molecule has 1 rings (SSSR count). The van der Waals surface area contributed by atoms with Gasteiger partial charge in [-0.15, -0.1) is 0 Å². The Morgan fingerprint density at radius 1 is 1.56 bits per heavy atom. The second-order valence-corrected chi connectivity index (χ2v) is 4.90. The number of hydrogen-bond acceptors (Lipinski definition) is 4. The van der Waals surface area contributed by atoms with Crippen molar-refractivity contribution < 1.29 is 14.7 Å². The van der Waals surface area contributed by atoms with Crippen LogP contribution in [0.4, 0.5) is 0 Å². The predicted molar refractivity (Wildman–Crippen MR) is 70.3 cm³/mol. The summed E-state index contributed by atoms with van der Waals surface area (Å²) in [6.45, 7) is 1.32. The van der Waals surface area contributed by atoms with Crippen LogP contribution >= 0.6 is 11.8 Å². The van der Waals surface area contributed by atoms with Gasteiger partial charge < -0.3 is 10.4 Å². The molecule has 0 bridgehead atoms. The molecule has 1 aromatic rings. The largest absolute Gasteiger partial charge is 0.480 e. The Labute approximate surface area is 110 Å². The van der Waals surface area contributed by atoms with Crippen molar-refractivity contribution in [2.75, 3.05) is 5.75 Å². The van der Waals surface area contributed by atoms with Gasteiger partial charge in [-0.05, 0) is 23.8 Å². The fourth-order valence-electron chi connectivity index (χ4n) is 1.38. The molecule has 98 valence electrons. The molecule has 0 aliphatic heterocycles. The Hall–Kier alpha value is -1.56. The first-order valence-electron chi connectivity index (χ1n) is 5.56. The Bertz CT molecular complexity index is 398. The van der Waals surface area contributed by atoms with Crippen LogP contribution in [0.1, 0.15) is 18.9 Å². The third-order valence-corrected chi connectivity index (χ3v) is 3.28. The molecule has 1 unspecified atom stereocenters. The van der Waals surface area contributed by atoms with E-state index >= 15 is 0 Å². The van der Waals surface area contributed by atoms with Crippen molar-refractivity contribution >= 4 is 23.6 Å². The molecule has 0 aliphatic carbocycles. The highest BCUT2D eigenvalue weighted by Gasteiger charge is 2.17. The molecule has 1 atom stereocenters. The van der Waals surface area contributed by atoms with E-state index in [4.69, 9.17) is 5.11 Å². The monoisotopic (exact) mass is 268 g/mol. The highest BCUT2D eigenvalue weighted by Crippen LogP contribution is 2.12. The molecule has 2 N–H and O–H groups in total. The van der Waals surface area contributed by atoms with E-state index in [-0.39, 0.29) is 5.91 Å². The number of pyridine rings is 1. The summed E-state index contributed by atoms with van der Waals surface area (Å²) in [5.41, 5.74) is 1.11. The van der Waals surface area contributed by atoms with Crippen LogP contribution in [0.3, 0.4) is 0 Å². The van der Waals surface area contributed by atoms with Gasteiger partial charge in [0.25, 0.3) is 0 Å². The van der Waals surface area contributed by atoms with Gasteiger partial charge in [0, 0.05) is 25.1 Å². The number of hydrogen-bond donors (Lipinski definition) is 2. The molecule has 0 aliphatic rings. The summed E-state index contributed by atoms with van der Waals surface area (Å²) in [6.07, 6.45) is 3.92. The molecule has 6 heteroatoms. The van der Waals surface area contributed by atoms with Crippen LogP contribution in [-0.2, 0) is 15.3 Å². The molecule has 1 aromatic heterocycles. The van der Waals surface area contributed by atoms with Crippen molar-refractivity contribution in [1.82, 2.24) is 10.3 Å². The minimum absolute atomic E-state index is 0.320. The number of nitrogens with one attached hydrogen (secondary N) is 1. The summed E-state index contributed by atoms with van der Waals surface area (Å²) in [4.78, 5) is 25.7. The molecule has 0 radical (unpaired) electrons. The number of amides is 1. The van der Waals surface area contributed by atoms with Gasteiger partial charge in [0.05, 0.1) is 0 Å². The van der Waals surface area contributed by atoms with Crippen LogP contribution in [0.2, 0.25) is 0 Å². The molecule has 0 aromatic carbocycles. The molecule has 0 saturated heterocycles. The molecule has 5 nitrogen and oxygen atoms in total. The van der Waals surface area contributed by atoms with E-state index in [1.165, 1.54) is 6.92 Å². The zero-order chi connectivity index (χ0) is 13.4. The second-order valence-electron chi connectivity index (χ2n) is 3.79. The number of aromatic nitrogens is 1. The lowest BCUT2D eigenvalue weighted by molar-refractivity contribution is -0.141. The van der Waals surface area contributed by atoms with Crippen LogP contribution in [0.5, 0.6) is 0 Å². The van der Waals surface area contributed by atoms with E-state index in [0.29, 0.717) is 12.2 Å². The van der Waals surface area contributed by atoms with Gasteiger partial charge in [-0.2, -0.15) is 11.8 Å². The number of carbonyl (C=O) groups is 2. The van der Waals surface area contributed by atoms with Crippen LogP contribution in [0.25, 0.3) is 0 Å². The first-order chi connectivity index (χ1) is 8.59. The van der Waals surface area contributed by atoms with Crippen molar-refractivity contribution in [1.29, 1.82) is 0 Å². The van der Waals surface area contributed by atoms with Gasteiger partial charge in [-0.3, -0.25) is 9.78 Å². The lowest BCUT2D eigenvalue weighted by Gasteiger charge is -2.12. The highest BCUT2D eigenvalue weighted by molar-refractivity contribution is 7.98. The van der Waals surface area contributed by atoms with Crippen molar-refractivity contribution in [3.63, 3.8) is 0 Å². The Balaban J connectivity index is 2.27. The third-order valence-electron chi connectivity index (χ3n) is 2.22. The third kappa shape index (κ3) is 5.67. The number of carbonyl (C=O) groups excluding carboxylic acids is 1. The van der Waals surface area contributed by atoms with Gasteiger partial charge in [0.2, 0.25) is 5.91 Å². The zero-order valence-electron chi connectivity index (χ0n) is 10.1.